The molecule has 0 aliphatic heterocycles. The van der Waals surface area contributed by atoms with Gasteiger partial charge in [0.2, 0.25) is 0 Å². The van der Waals surface area contributed by atoms with Gasteiger partial charge in [-0.2, -0.15) is 0 Å². The minimum atomic E-state index is -0.678. The number of hydrogen-bond acceptors (Lipinski definition) is 3. The summed E-state index contributed by atoms with van der Waals surface area (Å²) in [7, 11) is 0. The third-order valence-corrected chi connectivity index (χ3v) is 2.49. The summed E-state index contributed by atoms with van der Waals surface area (Å²) >= 11 is 0. The molecule has 1 rings (SSSR count). The molecule has 0 fully saturated rings. The minimum Gasteiger partial charge on any atom is -0.493 e. The Bertz CT molecular complexity index is 339. The van der Waals surface area contributed by atoms with E-state index in [4.69, 9.17) is 9.84 Å². The first-order valence-electron chi connectivity index (χ1n) is 5.86. The number of hydrogen-bond donors (Lipinski definition) is 2. The second-order valence-corrected chi connectivity index (χ2v) is 3.99. The molecule has 0 aliphatic rings. The van der Waals surface area contributed by atoms with Crippen LogP contribution in [-0.4, -0.2) is 23.4 Å². The van der Waals surface area contributed by atoms with E-state index < -0.39 is 6.10 Å². The quantitative estimate of drug-likeness (QED) is 0.722. The van der Waals surface area contributed by atoms with Crippen molar-refractivity contribution in [1.82, 2.24) is 0 Å². The van der Waals surface area contributed by atoms with E-state index in [1.165, 1.54) is 18.2 Å². The van der Waals surface area contributed by atoms with Gasteiger partial charge in [0.15, 0.2) is 0 Å². The summed E-state index contributed by atoms with van der Waals surface area (Å²) in [5, 5.41) is 18.1. The predicted octanol–water partition coefficient (Wildman–Crippen LogP) is 2.42. The molecule has 1 aromatic carbocycles. The second kappa shape index (κ2) is 7.25. The van der Waals surface area contributed by atoms with E-state index in [9.17, 15) is 9.50 Å². The number of ether oxygens (including phenoxy) is 1. The van der Waals surface area contributed by atoms with Gasteiger partial charge in [-0.1, -0.05) is 0 Å². The van der Waals surface area contributed by atoms with Crippen molar-refractivity contribution >= 4 is 0 Å². The summed E-state index contributed by atoms with van der Waals surface area (Å²) in [4.78, 5) is 0. The second-order valence-electron chi connectivity index (χ2n) is 3.99. The Morgan fingerprint density at radius 3 is 2.71 bits per heavy atom. The fourth-order valence-corrected chi connectivity index (χ4v) is 1.55. The molecule has 0 amide bonds. The number of halogens is 1. The Kier molecular flexibility index (Phi) is 5.94. The van der Waals surface area contributed by atoms with Crippen LogP contribution in [0.5, 0.6) is 5.75 Å². The molecule has 0 unspecified atom stereocenters. The van der Waals surface area contributed by atoms with Crippen molar-refractivity contribution in [1.29, 1.82) is 0 Å². The molecule has 0 saturated carbocycles. The van der Waals surface area contributed by atoms with Gasteiger partial charge >= 0.3 is 0 Å². The lowest BCUT2D eigenvalue weighted by molar-refractivity contribution is 0.190. The number of benzene rings is 1. The molecular formula is C13H19FO3. The number of unbranched alkanes of at least 4 members (excludes halogenated alkanes) is 2. The lowest BCUT2D eigenvalue weighted by atomic mass is 10.1. The summed E-state index contributed by atoms with van der Waals surface area (Å²) in [6.45, 7) is 2.26. The van der Waals surface area contributed by atoms with Gasteiger partial charge in [-0.05, 0) is 38.3 Å². The molecular weight excluding hydrogens is 223 g/mol. The van der Waals surface area contributed by atoms with Crippen molar-refractivity contribution in [3.63, 3.8) is 0 Å². The highest BCUT2D eigenvalue weighted by Gasteiger charge is 2.10. The van der Waals surface area contributed by atoms with Crippen LogP contribution >= 0.6 is 0 Å². The lowest BCUT2D eigenvalue weighted by Gasteiger charge is -2.13. The fraction of sp³-hybridized carbons (Fsp3) is 0.538. The van der Waals surface area contributed by atoms with Crippen molar-refractivity contribution < 1.29 is 19.3 Å². The Hall–Kier alpha value is -1.13. The Labute approximate surface area is 101 Å². The van der Waals surface area contributed by atoms with Gasteiger partial charge in [-0.3, -0.25) is 0 Å². The smallest absolute Gasteiger partial charge is 0.127 e. The number of rotatable bonds is 7. The van der Waals surface area contributed by atoms with Crippen LogP contribution in [0.3, 0.4) is 0 Å². The lowest BCUT2D eigenvalue weighted by Crippen LogP contribution is -2.03. The van der Waals surface area contributed by atoms with Crippen LogP contribution in [0.2, 0.25) is 0 Å². The van der Waals surface area contributed by atoms with E-state index in [-0.39, 0.29) is 12.4 Å². The molecule has 0 spiro atoms. The molecule has 1 aromatic rings. The van der Waals surface area contributed by atoms with Crippen LogP contribution < -0.4 is 4.74 Å². The molecule has 0 aromatic heterocycles. The maximum atomic E-state index is 13.0. The highest BCUT2D eigenvalue weighted by molar-refractivity contribution is 5.35. The van der Waals surface area contributed by atoms with Gasteiger partial charge in [0.25, 0.3) is 0 Å². The van der Waals surface area contributed by atoms with E-state index in [1.54, 1.807) is 6.92 Å². The molecule has 17 heavy (non-hydrogen) atoms. The van der Waals surface area contributed by atoms with Gasteiger partial charge in [-0.15, -0.1) is 0 Å². The third-order valence-electron chi connectivity index (χ3n) is 2.49. The first-order valence-corrected chi connectivity index (χ1v) is 5.86. The maximum absolute atomic E-state index is 13.0. The zero-order valence-corrected chi connectivity index (χ0v) is 10.0. The van der Waals surface area contributed by atoms with Crippen LogP contribution in [0, 0.1) is 5.82 Å². The molecule has 2 N–H and O–H groups in total. The fourth-order valence-electron chi connectivity index (χ4n) is 1.55. The van der Waals surface area contributed by atoms with Crippen molar-refractivity contribution in [2.24, 2.45) is 0 Å². The first-order chi connectivity index (χ1) is 8.15. The van der Waals surface area contributed by atoms with E-state index in [0.717, 1.165) is 19.3 Å². The molecule has 1 atom stereocenters. The largest absolute Gasteiger partial charge is 0.493 e. The summed E-state index contributed by atoms with van der Waals surface area (Å²) < 4.78 is 18.5. The predicted molar refractivity (Wildman–Crippen MR) is 63.5 cm³/mol. The van der Waals surface area contributed by atoms with Crippen LogP contribution in [-0.2, 0) is 0 Å². The van der Waals surface area contributed by atoms with E-state index in [2.05, 4.69) is 0 Å². The molecule has 0 aliphatic carbocycles. The van der Waals surface area contributed by atoms with Crippen molar-refractivity contribution in [3.05, 3.63) is 29.6 Å². The first kappa shape index (κ1) is 13.9. The monoisotopic (exact) mass is 242 g/mol. The Morgan fingerprint density at radius 2 is 2.06 bits per heavy atom. The molecule has 0 saturated heterocycles. The molecule has 3 nitrogen and oxygen atoms in total. The number of aliphatic hydroxyl groups is 2. The SMILES string of the molecule is C[C@@H](O)c1ccc(F)cc1OCCCCCO. The van der Waals surface area contributed by atoms with Crippen LogP contribution in [0.1, 0.15) is 37.9 Å². The van der Waals surface area contributed by atoms with Gasteiger partial charge < -0.3 is 14.9 Å². The highest BCUT2D eigenvalue weighted by Crippen LogP contribution is 2.26. The average molecular weight is 242 g/mol. The average Bonchev–Trinajstić information content (AvgIpc) is 2.28. The molecule has 0 heterocycles. The van der Waals surface area contributed by atoms with Gasteiger partial charge in [-0.25, -0.2) is 4.39 Å². The maximum Gasteiger partial charge on any atom is 0.127 e. The molecule has 0 bridgehead atoms. The Morgan fingerprint density at radius 1 is 1.29 bits per heavy atom. The van der Waals surface area contributed by atoms with Crippen LogP contribution in [0.4, 0.5) is 4.39 Å². The van der Waals surface area contributed by atoms with Crippen molar-refractivity contribution in [2.75, 3.05) is 13.2 Å². The zero-order valence-electron chi connectivity index (χ0n) is 10.0. The zero-order chi connectivity index (χ0) is 12.7. The van der Waals surface area contributed by atoms with E-state index >= 15 is 0 Å². The van der Waals surface area contributed by atoms with Gasteiger partial charge in [0, 0.05) is 18.2 Å². The molecule has 96 valence electrons. The molecule has 0 radical (unpaired) electrons. The highest BCUT2D eigenvalue weighted by atomic mass is 19.1. The van der Waals surface area contributed by atoms with E-state index in [0.29, 0.717) is 17.9 Å². The van der Waals surface area contributed by atoms with E-state index in [1.807, 2.05) is 0 Å². The van der Waals surface area contributed by atoms with Crippen molar-refractivity contribution in [3.8, 4) is 5.75 Å². The van der Waals surface area contributed by atoms with Crippen LogP contribution in [0.25, 0.3) is 0 Å². The van der Waals surface area contributed by atoms with Gasteiger partial charge in [0.1, 0.15) is 11.6 Å². The summed E-state index contributed by atoms with van der Waals surface area (Å²) in [5.74, 6) is 0.0174. The summed E-state index contributed by atoms with van der Waals surface area (Å²) in [6, 6.07) is 4.12. The standard InChI is InChI=1S/C13H19FO3/c1-10(16)12-6-5-11(14)9-13(12)17-8-4-2-3-7-15/h5-6,9-10,15-16H,2-4,7-8H2,1H3/t10-/m1/s1. The third kappa shape index (κ3) is 4.71. The molecule has 4 heteroatoms. The minimum absolute atomic E-state index is 0.179. The normalized spacial score (nSPS) is 12.5. The topological polar surface area (TPSA) is 49.7 Å². The summed E-state index contributed by atoms with van der Waals surface area (Å²) in [6.07, 6.45) is 1.74. The van der Waals surface area contributed by atoms with Crippen molar-refractivity contribution in [2.45, 2.75) is 32.3 Å². The van der Waals surface area contributed by atoms with Gasteiger partial charge in [0.05, 0.1) is 12.7 Å². The van der Waals surface area contributed by atoms with Crippen LogP contribution in [0.15, 0.2) is 18.2 Å². The summed E-state index contributed by atoms with van der Waals surface area (Å²) in [5.41, 5.74) is 0.591. The number of aliphatic hydroxyl groups excluding tert-OH is 2. The Balaban J connectivity index is 2.53.